The van der Waals surface area contributed by atoms with E-state index in [0.717, 1.165) is 5.56 Å². The van der Waals surface area contributed by atoms with Crippen molar-refractivity contribution in [2.24, 2.45) is 5.10 Å². The molecule has 4 nitrogen and oxygen atoms in total. The Morgan fingerprint density at radius 2 is 1.92 bits per heavy atom. The number of hydrogen-bond donors (Lipinski definition) is 1. The molecule has 3 aromatic rings. The molecule has 0 bridgehead atoms. The number of amides is 1. The van der Waals surface area contributed by atoms with Gasteiger partial charge in [0.1, 0.15) is 17.3 Å². The van der Waals surface area contributed by atoms with Crippen LogP contribution in [0.15, 0.2) is 70.2 Å². The zero-order chi connectivity index (χ0) is 16.9. The Balaban J connectivity index is 1.65. The molecule has 1 aromatic heterocycles. The number of benzene rings is 2. The van der Waals surface area contributed by atoms with E-state index in [1.807, 2.05) is 12.1 Å². The minimum absolute atomic E-state index is 0.313. The standard InChI is InChI=1S/C18H12ClFN2O2/c19-14-3-1-2-13(10-14)17-9-8-16(24-17)11-21-22-18(23)12-4-6-15(20)7-5-12/h1-11H,(H,22,23)/b21-11+. The first-order valence-corrected chi connectivity index (χ1v) is 7.44. The summed E-state index contributed by atoms with van der Waals surface area (Å²) in [6.07, 6.45) is 1.38. The van der Waals surface area contributed by atoms with E-state index < -0.39 is 11.7 Å². The van der Waals surface area contributed by atoms with Crippen LogP contribution in [0.1, 0.15) is 16.1 Å². The van der Waals surface area contributed by atoms with Crippen molar-refractivity contribution < 1.29 is 13.6 Å². The summed E-state index contributed by atoms with van der Waals surface area (Å²) in [5.41, 5.74) is 3.51. The maximum atomic E-state index is 12.8. The van der Waals surface area contributed by atoms with Gasteiger partial charge in [-0.15, -0.1) is 0 Å². The van der Waals surface area contributed by atoms with E-state index in [-0.39, 0.29) is 0 Å². The van der Waals surface area contributed by atoms with Crippen LogP contribution < -0.4 is 5.43 Å². The Morgan fingerprint density at radius 3 is 2.67 bits per heavy atom. The van der Waals surface area contributed by atoms with E-state index in [0.29, 0.717) is 22.1 Å². The van der Waals surface area contributed by atoms with Gasteiger partial charge in [0, 0.05) is 16.1 Å². The zero-order valence-corrected chi connectivity index (χ0v) is 13.1. The van der Waals surface area contributed by atoms with Gasteiger partial charge in [-0.1, -0.05) is 23.7 Å². The Kier molecular flexibility index (Phi) is 4.72. The highest BCUT2D eigenvalue weighted by molar-refractivity contribution is 6.30. The lowest BCUT2D eigenvalue weighted by Crippen LogP contribution is -2.17. The van der Waals surface area contributed by atoms with Crippen LogP contribution in [0.25, 0.3) is 11.3 Å². The summed E-state index contributed by atoms with van der Waals surface area (Å²) in [4.78, 5) is 11.8. The minimum atomic E-state index is -0.437. The van der Waals surface area contributed by atoms with Crippen molar-refractivity contribution in [3.63, 3.8) is 0 Å². The third-order valence-electron chi connectivity index (χ3n) is 3.20. The maximum absolute atomic E-state index is 12.8. The molecule has 1 amide bonds. The second-order valence-electron chi connectivity index (χ2n) is 4.92. The predicted octanol–water partition coefficient (Wildman–Crippen LogP) is 4.50. The van der Waals surface area contributed by atoms with Crippen molar-refractivity contribution in [1.82, 2.24) is 5.43 Å². The third kappa shape index (κ3) is 3.88. The fraction of sp³-hybridized carbons (Fsp3) is 0. The summed E-state index contributed by atoms with van der Waals surface area (Å²) in [6, 6.07) is 16.0. The van der Waals surface area contributed by atoms with E-state index >= 15 is 0 Å². The van der Waals surface area contributed by atoms with E-state index in [1.165, 1.54) is 30.5 Å². The first kappa shape index (κ1) is 16.0. The number of carbonyl (C=O) groups is 1. The number of hydrazone groups is 1. The quantitative estimate of drug-likeness (QED) is 0.560. The Hall–Kier alpha value is -2.92. The van der Waals surface area contributed by atoms with Gasteiger partial charge < -0.3 is 4.42 Å². The summed E-state index contributed by atoms with van der Waals surface area (Å²) in [6.45, 7) is 0. The first-order valence-electron chi connectivity index (χ1n) is 7.06. The van der Waals surface area contributed by atoms with Crippen molar-refractivity contribution in [1.29, 1.82) is 0 Å². The number of furan rings is 1. The second kappa shape index (κ2) is 7.10. The molecule has 1 heterocycles. The molecule has 2 aromatic carbocycles. The van der Waals surface area contributed by atoms with Crippen LogP contribution >= 0.6 is 11.6 Å². The molecule has 0 saturated heterocycles. The van der Waals surface area contributed by atoms with Crippen LogP contribution in [0.3, 0.4) is 0 Å². The van der Waals surface area contributed by atoms with E-state index in [4.69, 9.17) is 16.0 Å². The lowest BCUT2D eigenvalue weighted by molar-refractivity contribution is 0.0955. The van der Waals surface area contributed by atoms with E-state index in [2.05, 4.69) is 10.5 Å². The van der Waals surface area contributed by atoms with Gasteiger partial charge in [0.25, 0.3) is 5.91 Å². The molecule has 6 heteroatoms. The van der Waals surface area contributed by atoms with Gasteiger partial charge in [-0.05, 0) is 48.5 Å². The average Bonchev–Trinajstić information content (AvgIpc) is 3.04. The van der Waals surface area contributed by atoms with Crippen molar-refractivity contribution in [2.45, 2.75) is 0 Å². The number of carbonyl (C=O) groups excluding carboxylic acids is 1. The van der Waals surface area contributed by atoms with Crippen LogP contribution in [0.2, 0.25) is 5.02 Å². The Labute approximate surface area is 142 Å². The topological polar surface area (TPSA) is 54.6 Å². The summed E-state index contributed by atoms with van der Waals surface area (Å²) in [7, 11) is 0. The van der Waals surface area contributed by atoms with Crippen molar-refractivity contribution in [3.05, 3.63) is 82.8 Å². The predicted molar refractivity (Wildman–Crippen MR) is 90.6 cm³/mol. The van der Waals surface area contributed by atoms with Crippen molar-refractivity contribution >= 4 is 23.7 Å². The van der Waals surface area contributed by atoms with Gasteiger partial charge in [0.2, 0.25) is 0 Å². The molecule has 3 rings (SSSR count). The van der Waals surface area contributed by atoms with Gasteiger partial charge in [-0.25, -0.2) is 9.82 Å². The molecule has 1 N–H and O–H groups in total. The lowest BCUT2D eigenvalue weighted by atomic mass is 10.2. The molecule has 0 radical (unpaired) electrons. The van der Waals surface area contributed by atoms with Crippen LogP contribution in [0, 0.1) is 5.82 Å². The molecule has 0 spiro atoms. The normalized spacial score (nSPS) is 10.9. The maximum Gasteiger partial charge on any atom is 0.271 e. The highest BCUT2D eigenvalue weighted by Crippen LogP contribution is 2.24. The van der Waals surface area contributed by atoms with E-state index in [9.17, 15) is 9.18 Å². The smallest absolute Gasteiger partial charge is 0.271 e. The monoisotopic (exact) mass is 342 g/mol. The highest BCUT2D eigenvalue weighted by Gasteiger charge is 2.05. The first-order chi connectivity index (χ1) is 11.6. The molecule has 0 aliphatic heterocycles. The minimum Gasteiger partial charge on any atom is -0.455 e. The van der Waals surface area contributed by atoms with Crippen LogP contribution in [0.4, 0.5) is 4.39 Å². The van der Waals surface area contributed by atoms with E-state index in [1.54, 1.807) is 24.3 Å². The fourth-order valence-electron chi connectivity index (χ4n) is 2.04. The van der Waals surface area contributed by atoms with Gasteiger partial charge in [0.05, 0.1) is 6.21 Å². The van der Waals surface area contributed by atoms with Crippen molar-refractivity contribution in [3.8, 4) is 11.3 Å². The fourth-order valence-corrected chi connectivity index (χ4v) is 2.23. The summed E-state index contributed by atoms with van der Waals surface area (Å²) >= 11 is 5.95. The van der Waals surface area contributed by atoms with Crippen molar-refractivity contribution in [2.75, 3.05) is 0 Å². The molecule has 24 heavy (non-hydrogen) atoms. The van der Waals surface area contributed by atoms with Crippen LogP contribution in [0.5, 0.6) is 0 Å². The zero-order valence-electron chi connectivity index (χ0n) is 12.4. The molecular weight excluding hydrogens is 331 g/mol. The van der Waals surface area contributed by atoms with Gasteiger partial charge >= 0.3 is 0 Å². The number of nitrogens with zero attached hydrogens (tertiary/aromatic N) is 1. The number of halogens is 2. The molecule has 120 valence electrons. The molecule has 0 aliphatic carbocycles. The summed E-state index contributed by atoms with van der Waals surface area (Å²) in [5, 5.41) is 4.44. The molecule has 0 unspecified atom stereocenters. The molecule has 0 saturated carbocycles. The SMILES string of the molecule is O=C(N/N=C/c1ccc(-c2cccc(Cl)c2)o1)c1ccc(F)cc1. The summed E-state index contributed by atoms with van der Waals surface area (Å²) < 4.78 is 18.4. The van der Waals surface area contributed by atoms with Crippen LogP contribution in [-0.4, -0.2) is 12.1 Å². The van der Waals surface area contributed by atoms with Gasteiger partial charge in [0.15, 0.2) is 0 Å². The molecular formula is C18H12ClFN2O2. The number of rotatable bonds is 4. The third-order valence-corrected chi connectivity index (χ3v) is 3.44. The lowest BCUT2D eigenvalue weighted by Gasteiger charge is -1.99. The Morgan fingerprint density at radius 1 is 1.12 bits per heavy atom. The molecule has 0 atom stereocenters. The second-order valence-corrected chi connectivity index (χ2v) is 5.35. The van der Waals surface area contributed by atoms with Gasteiger partial charge in [-0.2, -0.15) is 5.10 Å². The summed E-state index contributed by atoms with van der Waals surface area (Å²) in [5.74, 6) is 0.278. The molecule has 0 fully saturated rings. The largest absolute Gasteiger partial charge is 0.455 e. The Bertz CT molecular complexity index is 888. The average molecular weight is 343 g/mol. The highest BCUT2D eigenvalue weighted by atomic mass is 35.5. The number of nitrogens with one attached hydrogen (secondary N) is 1. The van der Waals surface area contributed by atoms with Crippen LogP contribution in [-0.2, 0) is 0 Å². The molecule has 0 aliphatic rings. The number of hydrogen-bond acceptors (Lipinski definition) is 3. The van der Waals surface area contributed by atoms with Gasteiger partial charge in [-0.3, -0.25) is 4.79 Å².